The molecular formula is C24H33N3O6S2. The van der Waals surface area contributed by atoms with E-state index < -0.39 is 60.4 Å². The maximum atomic E-state index is 12.9. The predicted molar refractivity (Wildman–Crippen MR) is 138 cm³/mol. The second kappa shape index (κ2) is 14.8. The summed E-state index contributed by atoms with van der Waals surface area (Å²) in [5.74, 6) is -1.80. The van der Waals surface area contributed by atoms with Crippen molar-refractivity contribution in [2.24, 2.45) is 0 Å². The highest BCUT2D eigenvalue weighted by Crippen LogP contribution is 2.13. The lowest BCUT2D eigenvalue weighted by atomic mass is 9.98. The van der Waals surface area contributed by atoms with Gasteiger partial charge in [-0.3, -0.25) is 19.2 Å². The van der Waals surface area contributed by atoms with Gasteiger partial charge in [0, 0.05) is 5.75 Å². The Kier molecular flexibility index (Phi) is 12.1. The molecule has 2 rings (SSSR count). The van der Waals surface area contributed by atoms with Gasteiger partial charge in [-0.15, -0.1) is 0 Å². The van der Waals surface area contributed by atoms with Crippen LogP contribution >= 0.6 is 25.3 Å². The molecule has 0 spiro atoms. The average Bonchev–Trinajstić information content (AvgIpc) is 2.81. The average molecular weight is 524 g/mol. The van der Waals surface area contributed by atoms with Gasteiger partial charge in [-0.25, -0.2) is 0 Å². The van der Waals surface area contributed by atoms with Gasteiger partial charge < -0.3 is 25.8 Å². The van der Waals surface area contributed by atoms with E-state index >= 15 is 0 Å². The molecule has 1 aromatic rings. The van der Waals surface area contributed by atoms with Gasteiger partial charge in [-0.1, -0.05) is 36.4 Å². The molecule has 11 heteroatoms. The van der Waals surface area contributed by atoms with E-state index in [9.17, 15) is 24.3 Å². The molecule has 0 radical (unpaired) electrons. The summed E-state index contributed by atoms with van der Waals surface area (Å²) in [4.78, 5) is 50.6. The number of hydrogen-bond donors (Lipinski definition) is 6. The molecule has 1 aliphatic heterocycles. The fourth-order valence-corrected chi connectivity index (χ4v) is 3.88. The number of cyclic esters (lactones) is 1. The fraction of sp³-hybridized carbons (Fsp3) is 0.500. The first-order valence-corrected chi connectivity index (χ1v) is 12.7. The molecule has 4 N–H and O–H groups in total. The van der Waals surface area contributed by atoms with E-state index in [2.05, 4.69) is 41.2 Å². The molecule has 0 unspecified atom stereocenters. The molecule has 192 valence electrons. The number of allylic oxidation sites excluding steroid dienone is 1. The van der Waals surface area contributed by atoms with E-state index in [4.69, 9.17) is 4.74 Å². The van der Waals surface area contributed by atoms with Gasteiger partial charge in [0.25, 0.3) is 0 Å². The first kappa shape index (κ1) is 28.7. The third kappa shape index (κ3) is 9.95. The van der Waals surface area contributed by atoms with Crippen molar-refractivity contribution >= 4 is 48.9 Å². The molecule has 1 heterocycles. The lowest BCUT2D eigenvalue weighted by Gasteiger charge is -2.27. The fourth-order valence-electron chi connectivity index (χ4n) is 3.48. The number of esters is 1. The Labute approximate surface area is 216 Å². The summed E-state index contributed by atoms with van der Waals surface area (Å²) < 4.78 is 5.45. The molecule has 1 aromatic carbocycles. The van der Waals surface area contributed by atoms with Crippen LogP contribution < -0.4 is 16.0 Å². The summed E-state index contributed by atoms with van der Waals surface area (Å²) in [7, 11) is 0. The summed E-state index contributed by atoms with van der Waals surface area (Å²) >= 11 is 8.30. The number of aliphatic hydroxyl groups excluding tert-OH is 1. The van der Waals surface area contributed by atoms with E-state index in [0.29, 0.717) is 12.2 Å². The van der Waals surface area contributed by atoms with Gasteiger partial charge >= 0.3 is 5.97 Å². The Morgan fingerprint density at radius 1 is 1.03 bits per heavy atom. The zero-order valence-electron chi connectivity index (χ0n) is 19.6. The molecule has 9 nitrogen and oxygen atoms in total. The van der Waals surface area contributed by atoms with E-state index in [0.717, 1.165) is 5.56 Å². The van der Waals surface area contributed by atoms with Crippen molar-refractivity contribution < 1.29 is 29.0 Å². The Bertz CT molecular complexity index is 899. The minimum Gasteiger partial charge on any atom is -0.457 e. The Morgan fingerprint density at radius 3 is 2.40 bits per heavy atom. The molecule has 1 saturated heterocycles. The number of aliphatic hydroxyl groups is 1. The van der Waals surface area contributed by atoms with Gasteiger partial charge in [0.15, 0.2) is 0 Å². The Morgan fingerprint density at radius 2 is 1.74 bits per heavy atom. The number of benzene rings is 1. The quantitative estimate of drug-likeness (QED) is 0.184. The predicted octanol–water partition coefficient (Wildman–Crippen LogP) is 0.576. The highest BCUT2D eigenvalue weighted by atomic mass is 32.1. The van der Waals surface area contributed by atoms with Crippen LogP contribution in [0.3, 0.4) is 0 Å². The lowest BCUT2D eigenvalue weighted by molar-refractivity contribution is -0.151. The van der Waals surface area contributed by atoms with Crippen LogP contribution in [0.15, 0.2) is 42.5 Å². The lowest BCUT2D eigenvalue weighted by Crippen LogP contribution is -2.56. The molecular weight excluding hydrogens is 490 g/mol. The first-order chi connectivity index (χ1) is 16.7. The number of hydrogen-bond acceptors (Lipinski definition) is 8. The van der Waals surface area contributed by atoms with Crippen molar-refractivity contribution in [3.63, 3.8) is 0 Å². The van der Waals surface area contributed by atoms with Crippen molar-refractivity contribution in [1.82, 2.24) is 16.0 Å². The number of carbonyl (C=O) groups excluding carboxylic acids is 4. The molecule has 35 heavy (non-hydrogen) atoms. The second-order valence-electron chi connectivity index (χ2n) is 8.28. The highest BCUT2D eigenvalue weighted by molar-refractivity contribution is 7.80. The van der Waals surface area contributed by atoms with Crippen LogP contribution in [-0.2, 0) is 30.3 Å². The maximum Gasteiger partial charge on any atom is 0.309 e. The van der Waals surface area contributed by atoms with E-state index in [1.165, 1.54) is 6.92 Å². The first-order valence-electron chi connectivity index (χ1n) is 11.4. The third-order valence-electron chi connectivity index (χ3n) is 5.37. The third-order valence-corrected chi connectivity index (χ3v) is 5.99. The molecule has 1 aliphatic rings. The van der Waals surface area contributed by atoms with Crippen molar-refractivity contribution in [2.75, 3.05) is 11.5 Å². The minimum absolute atomic E-state index is 0.00749. The number of rotatable bonds is 6. The second-order valence-corrected chi connectivity index (χ2v) is 9.09. The summed E-state index contributed by atoms with van der Waals surface area (Å²) in [5, 5.41) is 18.7. The van der Waals surface area contributed by atoms with Crippen LogP contribution in [0, 0.1) is 0 Å². The molecule has 0 saturated carbocycles. The molecule has 0 aliphatic carbocycles. The zero-order chi connectivity index (χ0) is 25.8. The minimum atomic E-state index is -1.28. The van der Waals surface area contributed by atoms with Crippen molar-refractivity contribution in [3.05, 3.63) is 48.0 Å². The van der Waals surface area contributed by atoms with Crippen molar-refractivity contribution in [3.8, 4) is 0 Å². The van der Waals surface area contributed by atoms with Gasteiger partial charge in [-0.05, 0) is 37.2 Å². The molecule has 1 fully saturated rings. The smallest absolute Gasteiger partial charge is 0.309 e. The van der Waals surface area contributed by atoms with Crippen molar-refractivity contribution in [2.45, 2.75) is 62.9 Å². The SMILES string of the molecule is C[C@H]1NC(=O)C[C@@H](/C=C/CCS)OC(=O)C[C@H](O)[C@@H](Cc2ccccc2)NC(=O)[C@@H](CS)NC1=O. The zero-order valence-corrected chi connectivity index (χ0v) is 21.3. The summed E-state index contributed by atoms with van der Waals surface area (Å²) in [5.41, 5.74) is 0.838. The Balaban J connectivity index is 2.32. The maximum absolute atomic E-state index is 12.9. The Hall–Kier alpha value is -2.50. The standard InChI is InChI=1S/C24H33N3O6S2/c1-15-23(31)27-19(14-35)24(32)26-18(11-16-7-3-2-4-8-16)20(28)13-22(30)33-17(9-5-6-10-34)12-21(29)25-15/h2-5,7-9,15,17-20,28,34-35H,6,10-14H2,1H3,(H,25,29)(H,26,32)(H,27,31)/b9-5+/t15-,17-,18-,19-,20+/m1/s1. The van der Waals surface area contributed by atoms with E-state index in [1.54, 1.807) is 12.2 Å². The van der Waals surface area contributed by atoms with Crippen LogP contribution in [0.4, 0.5) is 0 Å². The van der Waals surface area contributed by atoms with Crippen LogP contribution in [0.25, 0.3) is 0 Å². The van der Waals surface area contributed by atoms with Gasteiger partial charge in [-0.2, -0.15) is 25.3 Å². The van der Waals surface area contributed by atoms with Crippen LogP contribution in [-0.4, -0.2) is 70.6 Å². The molecule has 0 bridgehead atoms. The van der Waals surface area contributed by atoms with E-state index in [1.807, 2.05) is 30.3 Å². The van der Waals surface area contributed by atoms with Crippen LogP contribution in [0.2, 0.25) is 0 Å². The number of ether oxygens (including phenoxy) is 1. The summed E-state index contributed by atoms with van der Waals surface area (Å²) in [6.45, 7) is 1.48. The molecule has 5 atom stereocenters. The summed E-state index contributed by atoms with van der Waals surface area (Å²) in [6.07, 6.45) is 1.42. The van der Waals surface area contributed by atoms with Gasteiger partial charge in [0.1, 0.15) is 18.2 Å². The number of amides is 3. The number of nitrogens with one attached hydrogen (secondary N) is 3. The topological polar surface area (TPSA) is 134 Å². The molecule has 3 amide bonds. The van der Waals surface area contributed by atoms with Crippen LogP contribution in [0.1, 0.15) is 31.7 Å². The van der Waals surface area contributed by atoms with Gasteiger partial charge in [0.05, 0.1) is 25.0 Å². The monoisotopic (exact) mass is 523 g/mol. The van der Waals surface area contributed by atoms with Crippen LogP contribution in [0.5, 0.6) is 0 Å². The van der Waals surface area contributed by atoms with E-state index in [-0.39, 0.29) is 18.6 Å². The number of carbonyl (C=O) groups is 4. The number of thiol groups is 2. The largest absolute Gasteiger partial charge is 0.457 e. The molecule has 0 aromatic heterocycles. The normalized spacial score (nSPS) is 27.3. The summed E-state index contributed by atoms with van der Waals surface area (Å²) in [6, 6.07) is 6.39. The van der Waals surface area contributed by atoms with Gasteiger partial charge in [0.2, 0.25) is 17.7 Å². The van der Waals surface area contributed by atoms with Crippen molar-refractivity contribution in [1.29, 1.82) is 0 Å². The highest BCUT2D eigenvalue weighted by Gasteiger charge is 2.30.